The standard InChI is InChI=1S/C20H25N3O2/c1-20(2,3)25-19(24)23-15-8-9-16(23)13-22(12-15)17-10-14-6-4-5-7-18(14)21-11-17/h4-7,10-11,15-16H,8-9,12-13H2,1-3H3. The Kier molecular flexibility index (Phi) is 3.82. The van der Waals surface area contributed by atoms with Crippen LogP contribution in [0.15, 0.2) is 36.5 Å². The summed E-state index contributed by atoms with van der Waals surface area (Å²) in [5.41, 5.74) is 1.71. The Bertz CT molecular complexity index is 785. The fourth-order valence-electron chi connectivity index (χ4n) is 3.96. The number of hydrogen-bond acceptors (Lipinski definition) is 4. The second-order valence-electron chi connectivity index (χ2n) is 8.06. The number of amides is 1. The molecule has 2 aliphatic rings. The predicted octanol–water partition coefficient (Wildman–Crippen LogP) is 3.82. The van der Waals surface area contributed by atoms with Crippen molar-refractivity contribution in [3.05, 3.63) is 36.5 Å². The number of anilines is 1. The van der Waals surface area contributed by atoms with E-state index >= 15 is 0 Å². The number of hydrogen-bond donors (Lipinski definition) is 0. The molecule has 5 nitrogen and oxygen atoms in total. The lowest BCUT2D eigenvalue weighted by molar-refractivity contribution is 0.0123. The van der Waals surface area contributed by atoms with Gasteiger partial charge in [0, 0.05) is 18.5 Å². The summed E-state index contributed by atoms with van der Waals surface area (Å²) in [5.74, 6) is 0. The molecule has 2 aromatic rings. The minimum atomic E-state index is -0.448. The molecule has 0 saturated carbocycles. The molecule has 2 atom stereocenters. The van der Waals surface area contributed by atoms with E-state index in [1.807, 2.05) is 50.1 Å². The van der Waals surface area contributed by atoms with Gasteiger partial charge < -0.3 is 9.64 Å². The largest absolute Gasteiger partial charge is 0.444 e. The van der Waals surface area contributed by atoms with Gasteiger partial charge in [0.25, 0.3) is 0 Å². The van der Waals surface area contributed by atoms with Crippen molar-refractivity contribution in [1.82, 2.24) is 9.88 Å². The summed E-state index contributed by atoms with van der Waals surface area (Å²) < 4.78 is 5.61. The number of aromatic nitrogens is 1. The third kappa shape index (κ3) is 3.15. The van der Waals surface area contributed by atoms with E-state index in [1.165, 1.54) is 0 Å². The molecular weight excluding hydrogens is 314 g/mol. The first-order valence-electron chi connectivity index (χ1n) is 9.02. The Labute approximate surface area is 148 Å². The van der Waals surface area contributed by atoms with E-state index < -0.39 is 5.60 Å². The third-order valence-electron chi connectivity index (χ3n) is 5.03. The minimum absolute atomic E-state index is 0.170. The van der Waals surface area contributed by atoms with Gasteiger partial charge in [-0.1, -0.05) is 18.2 Å². The maximum absolute atomic E-state index is 12.6. The molecule has 5 heteroatoms. The van der Waals surface area contributed by atoms with Crippen molar-refractivity contribution in [2.45, 2.75) is 51.3 Å². The third-order valence-corrected chi connectivity index (χ3v) is 5.03. The molecule has 0 radical (unpaired) electrons. The smallest absolute Gasteiger partial charge is 0.410 e. The number of rotatable bonds is 1. The molecule has 2 unspecified atom stereocenters. The molecule has 25 heavy (non-hydrogen) atoms. The molecule has 1 amide bonds. The summed E-state index contributed by atoms with van der Waals surface area (Å²) in [6.45, 7) is 7.45. The molecule has 0 aliphatic carbocycles. The lowest BCUT2D eigenvalue weighted by Crippen LogP contribution is -2.56. The summed E-state index contributed by atoms with van der Waals surface area (Å²) in [4.78, 5) is 21.5. The van der Waals surface area contributed by atoms with E-state index in [0.29, 0.717) is 0 Å². The highest BCUT2D eigenvalue weighted by atomic mass is 16.6. The zero-order valence-electron chi connectivity index (χ0n) is 15.1. The number of fused-ring (bicyclic) bond motifs is 3. The average molecular weight is 339 g/mol. The highest BCUT2D eigenvalue weighted by molar-refractivity contribution is 5.81. The van der Waals surface area contributed by atoms with Crippen molar-refractivity contribution in [3.63, 3.8) is 0 Å². The Morgan fingerprint density at radius 2 is 1.84 bits per heavy atom. The normalized spacial score (nSPS) is 23.2. The average Bonchev–Trinajstić information content (AvgIpc) is 2.83. The molecule has 2 saturated heterocycles. The SMILES string of the molecule is CC(C)(C)OC(=O)N1C2CCC1CN(c1cnc3ccccc3c1)C2. The lowest BCUT2D eigenvalue weighted by Gasteiger charge is -2.42. The van der Waals surface area contributed by atoms with Gasteiger partial charge in [-0.2, -0.15) is 0 Å². The summed E-state index contributed by atoms with van der Waals surface area (Å²) >= 11 is 0. The second-order valence-corrected chi connectivity index (χ2v) is 8.06. The zero-order valence-corrected chi connectivity index (χ0v) is 15.1. The van der Waals surface area contributed by atoms with Crippen molar-refractivity contribution in [2.75, 3.05) is 18.0 Å². The van der Waals surface area contributed by atoms with Gasteiger partial charge in [0.2, 0.25) is 0 Å². The van der Waals surface area contributed by atoms with Gasteiger partial charge in [-0.3, -0.25) is 9.88 Å². The van der Waals surface area contributed by atoms with E-state index in [2.05, 4.69) is 22.0 Å². The number of pyridine rings is 1. The first-order chi connectivity index (χ1) is 11.9. The van der Waals surface area contributed by atoms with Crippen LogP contribution in [0.1, 0.15) is 33.6 Å². The van der Waals surface area contributed by atoms with Gasteiger partial charge >= 0.3 is 6.09 Å². The van der Waals surface area contributed by atoms with Crippen LogP contribution in [0.2, 0.25) is 0 Å². The predicted molar refractivity (Wildman–Crippen MR) is 98.8 cm³/mol. The minimum Gasteiger partial charge on any atom is -0.444 e. The summed E-state index contributed by atoms with van der Waals surface area (Å²) in [7, 11) is 0. The van der Waals surface area contributed by atoms with E-state index in [1.54, 1.807) is 0 Å². The Hall–Kier alpha value is -2.30. The first-order valence-corrected chi connectivity index (χ1v) is 9.02. The number of para-hydroxylation sites is 1. The molecule has 0 spiro atoms. The maximum atomic E-state index is 12.6. The monoisotopic (exact) mass is 339 g/mol. The fraction of sp³-hybridized carbons (Fsp3) is 0.500. The highest BCUT2D eigenvalue weighted by Crippen LogP contribution is 2.34. The quantitative estimate of drug-likeness (QED) is 0.792. The highest BCUT2D eigenvalue weighted by Gasteiger charge is 2.44. The molecule has 2 bridgehead atoms. The molecule has 4 rings (SSSR count). The summed E-state index contributed by atoms with van der Waals surface area (Å²) in [6, 6.07) is 10.8. The lowest BCUT2D eigenvalue weighted by atomic mass is 10.1. The van der Waals surface area contributed by atoms with Crippen molar-refractivity contribution >= 4 is 22.7 Å². The number of piperazine rings is 1. The van der Waals surface area contributed by atoms with Crippen LogP contribution in [0.4, 0.5) is 10.5 Å². The number of benzene rings is 1. The van der Waals surface area contributed by atoms with Crippen LogP contribution in [0.5, 0.6) is 0 Å². The van der Waals surface area contributed by atoms with E-state index in [-0.39, 0.29) is 18.2 Å². The summed E-state index contributed by atoms with van der Waals surface area (Å²) in [5, 5.41) is 1.15. The Morgan fingerprint density at radius 3 is 2.52 bits per heavy atom. The van der Waals surface area contributed by atoms with Crippen molar-refractivity contribution in [2.24, 2.45) is 0 Å². The van der Waals surface area contributed by atoms with E-state index in [0.717, 1.165) is 42.5 Å². The van der Waals surface area contributed by atoms with Gasteiger partial charge in [0.15, 0.2) is 0 Å². The van der Waals surface area contributed by atoms with Crippen LogP contribution < -0.4 is 4.90 Å². The molecule has 3 heterocycles. The van der Waals surface area contributed by atoms with Gasteiger partial charge in [-0.05, 0) is 45.7 Å². The van der Waals surface area contributed by atoms with Gasteiger partial charge in [-0.15, -0.1) is 0 Å². The van der Waals surface area contributed by atoms with Crippen molar-refractivity contribution < 1.29 is 9.53 Å². The molecule has 0 N–H and O–H groups in total. The molecule has 2 aliphatic heterocycles. The van der Waals surface area contributed by atoms with Crippen molar-refractivity contribution in [1.29, 1.82) is 0 Å². The van der Waals surface area contributed by atoms with Gasteiger partial charge in [-0.25, -0.2) is 4.79 Å². The first kappa shape index (κ1) is 16.2. The van der Waals surface area contributed by atoms with Crippen LogP contribution in [0, 0.1) is 0 Å². The van der Waals surface area contributed by atoms with E-state index in [4.69, 9.17) is 4.74 Å². The maximum Gasteiger partial charge on any atom is 0.410 e. The van der Waals surface area contributed by atoms with Crippen LogP contribution in [0.3, 0.4) is 0 Å². The van der Waals surface area contributed by atoms with Gasteiger partial charge in [0.1, 0.15) is 5.60 Å². The van der Waals surface area contributed by atoms with E-state index in [9.17, 15) is 4.79 Å². The van der Waals surface area contributed by atoms with Crippen LogP contribution in [0.25, 0.3) is 10.9 Å². The zero-order chi connectivity index (χ0) is 17.6. The molecule has 1 aromatic carbocycles. The molecule has 132 valence electrons. The molecule has 1 aromatic heterocycles. The fourth-order valence-corrected chi connectivity index (χ4v) is 3.96. The summed E-state index contributed by atoms with van der Waals surface area (Å²) in [6.07, 6.45) is 3.87. The Balaban J connectivity index is 1.53. The van der Waals surface area contributed by atoms with Crippen LogP contribution >= 0.6 is 0 Å². The van der Waals surface area contributed by atoms with Crippen molar-refractivity contribution in [3.8, 4) is 0 Å². The molecular formula is C20H25N3O2. The Morgan fingerprint density at radius 1 is 1.16 bits per heavy atom. The van der Waals surface area contributed by atoms with Crippen LogP contribution in [-0.4, -0.2) is 46.8 Å². The van der Waals surface area contributed by atoms with Crippen LogP contribution in [-0.2, 0) is 4.74 Å². The van der Waals surface area contributed by atoms with Gasteiger partial charge in [0.05, 0.1) is 29.5 Å². The topological polar surface area (TPSA) is 45.7 Å². The number of nitrogens with zero attached hydrogens (tertiary/aromatic N) is 3. The number of carbonyl (C=O) groups is 1. The number of carbonyl (C=O) groups excluding carboxylic acids is 1. The second kappa shape index (κ2) is 5.90. The molecule has 2 fully saturated rings. The number of ether oxygens (including phenoxy) is 1.